The Kier molecular flexibility index (Phi) is 6.29. The van der Waals surface area contributed by atoms with Crippen molar-refractivity contribution in [2.45, 2.75) is 38.8 Å². The highest BCUT2D eigenvalue weighted by Gasteiger charge is 2.21. The van der Waals surface area contributed by atoms with E-state index in [1.807, 2.05) is 38.2 Å². The number of benzene rings is 1. The first-order chi connectivity index (χ1) is 15.3. The van der Waals surface area contributed by atoms with Crippen LogP contribution in [0.2, 0.25) is 0 Å². The van der Waals surface area contributed by atoms with Gasteiger partial charge in [-0.1, -0.05) is 0 Å². The van der Waals surface area contributed by atoms with Crippen molar-refractivity contribution in [3.05, 3.63) is 36.7 Å². The lowest BCUT2D eigenvalue weighted by Crippen LogP contribution is -2.42. The van der Waals surface area contributed by atoms with Crippen molar-refractivity contribution in [3.8, 4) is 0 Å². The third kappa shape index (κ3) is 4.53. The van der Waals surface area contributed by atoms with E-state index in [9.17, 15) is 0 Å². The zero-order valence-electron chi connectivity index (χ0n) is 19.3. The number of nitrogen functional groups attached to an aromatic ring is 1. The Morgan fingerprint density at radius 1 is 1.06 bits per heavy atom. The maximum atomic E-state index is 6.27. The van der Waals surface area contributed by atoms with Crippen LogP contribution in [-0.2, 0) is 0 Å². The van der Waals surface area contributed by atoms with Crippen LogP contribution >= 0.6 is 0 Å². The minimum atomic E-state index is 0.0753. The van der Waals surface area contributed by atoms with Gasteiger partial charge in [0.05, 0.1) is 17.6 Å². The van der Waals surface area contributed by atoms with Crippen LogP contribution in [0.15, 0.2) is 36.7 Å². The molecule has 32 heavy (non-hydrogen) atoms. The van der Waals surface area contributed by atoms with Gasteiger partial charge in [0.15, 0.2) is 0 Å². The molecule has 9 nitrogen and oxygen atoms in total. The number of hydrogen-bond acceptors (Lipinski definition) is 9. The Hall–Kier alpha value is -3.17. The van der Waals surface area contributed by atoms with Gasteiger partial charge in [0.25, 0.3) is 0 Å². The molecule has 0 saturated carbocycles. The van der Waals surface area contributed by atoms with Crippen LogP contribution in [-0.4, -0.2) is 59.1 Å². The normalized spacial score (nSPS) is 15.0. The van der Waals surface area contributed by atoms with Crippen molar-refractivity contribution in [2.75, 3.05) is 48.1 Å². The van der Waals surface area contributed by atoms with Gasteiger partial charge in [0, 0.05) is 36.8 Å². The molecule has 5 N–H and O–H groups in total. The number of rotatable bonds is 6. The predicted molar refractivity (Wildman–Crippen MR) is 132 cm³/mol. The van der Waals surface area contributed by atoms with E-state index in [-0.39, 0.29) is 6.04 Å². The maximum absolute atomic E-state index is 6.27. The van der Waals surface area contributed by atoms with Gasteiger partial charge in [-0.2, -0.15) is 0 Å². The quantitative estimate of drug-likeness (QED) is 0.305. The number of piperidine rings is 1. The van der Waals surface area contributed by atoms with Crippen molar-refractivity contribution in [1.29, 1.82) is 0 Å². The summed E-state index contributed by atoms with van der Waals surface area (Å²) >= 11 is 0. The minimum Gasteiger partial charge on any atom is -0.397 e. The Morgan fingerprint density at radius 3 is 2.44 bits per heavy atom. The number of nitrogens with two attached hydrogens (primary N) is 2. The molecule has 1 aliphatic heterocycles. The highest BCUT2D eigenvalue weighted by Crippen LogP contribution is 2.32. The number of nitrogens with one attached hydrogen (secondary N) is 1. The standard InChI is InChI=1S/C23H33N9/c1-15(2)32(25)22-19(24)7-5-16-13-27-23(29-21(16)22)28-20-8-6-18(14-26-20)31-11-9-17(10-12-31)30(3)4/h5-8,13-15,17H,9-12,24-25H2,1-4H3,(H,26,27,28,29). The maximum Gasteiger partial charge on any atom is 0.228 e. The number of nitrogens with zero attached hydrogens (tertiary/aromatic N) is 6. The fourth-order valence-electron chi connectivity index (χ4n) is 4.09. The molecule has 0 spiro atoms. The molecule has 0 bridgehead atoms. The molecule has 1 aromatic carbocycles. The Morgan fingerprint density at radius 2 is 1.81 bits per heavy atom. The van der Waals surface area contributed by atoms with Crippen molar-refractivity contribution < 1.29 is 0 Å². The zero-order valence-corrected chi connectivity index (χ0v) is 19.3. The molecule has 4 rings (SSSR count). The van der Waals surface area contributed by atoms with Crippen molar-refractivity contribution >= 4 is 39.7 Å². The minimum absolute atomic E-state index is 0.0753. The number of pyridine rings is 1. The van der Waals surface area contributed by atoms with E-state index in [1.165, 1.54) is 0 Å². The highest BCUT2D eigenvalue weighted by molar-refractivity contribution is 5.97. The summed E-state index contributed by atoms with van der Waals surface area (Å²) in [4.78, 5) is 18.4. The number of fused-ring (bicyclic) bond motifs is 1. The summed E-state index contributed by atoms with van der Waals surface area (Å²) in [6.07, 6.45) is 6.00. The molecule has 9 heteroatoms. The second kappa shape index (κ2) is 9.13. The summed E-state index contributed by atoms with van der Waals surface area (Å²) in [5.41, 5.74) is 9.35. The fourth-order valence-corrected chi connectivity index (χ4v) is 4.09. The second-order valence-electron chi connectivity index (χ2n) is 8.84. The number of hydrazine groups is 1. The molecule has 0 amide bonds. The molecule has 1 aliphatic rings. The van der Waals surface area contributed by atoms with E-state index in [0.717, 1.165) is 37.0 Å². The average molecular weight is 436 g/mol. The predicted octanol–water partition coefficient (Wildman–Crippen LogP) is 2.97. The molecule has 2 aromatic heterocycles. The fraction of sp³-hybridized carbons (Fsp3) is 0.435. The van der Waals surface area contributed by atoms with Crippen LogP contribution < -0.4 is 26.8 Å². The molecule has 170 valence electrons. The SMILES string of the molecule is CC(C)N(N)c1c(N)ccc2cnc(Nc3ccc(N4CCC(N(C)C)CC4)cn3)nc12. The molecule has 1 fully saturated rings. The molecule has 0 aliphatic carbocycles. The first-order valence-corrected chi connectivity index (χ1v) is 11.1. The van der Waals surface area contributed by atoms with Crippen molar-refractivity contribution in [1.82, 2.24) is 19.9 Å². The monoisotopic (exact) mass is 435 g/mol. The van der Waals surface area contributed by atoms with Gasteiger partial charge in [-0.3, -0.25) is 0 Å². The van der Waals surface area contributed by atoms with Gasteiger partial charge in [0.1, 0.15) is 17.0 Å². The van der Waals surface area contributed by atoms with Gasteiger partial charge >= 0.3 is 0 Å². The topological polar surface area (TPSA) is 112 Å². The third-order valence-corrected chi connectivity index (χ3v) is 6.12. The van der Waals surface area contributed by atoms with E-state index in [2.05, 4.69) is 45.2 Å². The molecule has 0 atom stereocenters. The third-order valence-electron chi connectivity index (χ3n) is 6.12. The van der Waals surface area contributed by atoms with Gasteiger partial charge in [0.2, 0.25) is 5.95 Å². The van der Waals surface area contributed by atoms with E-state index in [0.29, 0.717) is 34.7 Å². The van der Waals surface area contributed by atoms with Gasteiger partial charge in [-0.15, -0.1) is 0 Å². The van der Waals surface area contributed by atoms with Gasteiger partial charge in [-0.25, -0.2) is 20.8 Å². The molecule has 3 heterocycles. The summed E-state index contributed by atoms with van der Waals surface area (Å²) in [6, 6.07) is 8.52. The summed E-state index contributed by atoms with van der Waals surface area (Å²) in [5, 5.41) is 5.72. The molecule has 3 aromatic rings. The first-order valence-electron chi connectivity index (χ1n) is 11.1. The number of anilines is 5. The lowest BCUT2D eigenvalue weighted by Gasteiger charge is -2.36. The molecule has 0 unspecified atom stereocenters. The largest absolute Gasteiger partial charge is 0.397 e. The smallest absolute Gasteiger partial charge is 0.228 e. The number of aromatic nitrogens is 3. The lowest BCUT2D eigenvalue weighted by molar-refractivity contribution is 0.249. The van der Waals surface area contributed by atoms with Crippen LogP contribution in [0.3, 0.4) is 0 Å². The molecular formula is C23H33N9. The Bertz CT molecular complexity index is 1060. The second-order valence-corrected chi connectivity index (χ2v) is 8.84. The van der Waals surface area contributed by atoms with Crippen LogP contribution in [0.1, 0.15) is 26.7 Å². The van der Waals surface area contributed by atoms with Gasteiger partial charge in [-0.05, 0) is 65.0 Å². The van der Waals surface area contributed by atoms with E-state index < -0.39 is 0 Å². The molecule has 1 saturated heterocycles. The summed E-state index contributed by atoms with van der Waals surface area (Å²) < 4.78 is 0. The number of hydrogen-bond donors (Lipinski definition) is 3. The Labute approximate surface area is 189 Å². The highest BCUT2D eigenvalue weighted by atomic mass is 15.4. The first kappa shape index (κ1) is 22.0. The van der Waals surface area contributed by atoms with E-state index in [4.69, 9.17) is 16.6 Å². The van der Waals surface area contributed by atoms with E-state index in [1.54, 1.807) is 11.2 Å². The van der Waals surface area contributed by atoms with E-state index >= 15 is 0 Å². The van der Waals surface area contributed by atoms with Crippen LogP contribution in [0, 0.1) is 0 Å². The summed E-state index contributed by atoms with van der Waals surface area (Å²) in [7, 11) is 4.31. The molecular weight excluding hydrogens is 402 g/mol. The van der Waals surface area contributed by atoms with Crippen LogP contribution in [0.25, 0.3) is 10.9 Å². The average Bonchev–Trinajstić information content (AvgIpc) is 2.79. The molecule has 0 radical (unpaired) electrons. The Balaban J connectivity index is 1.52. The van der Waals surface area contributed by atoms with Crippen molar-refractivity contribution in [3.63, 3.8) is 0 Å². The lowest BCUT2D eigenvalue weighted by atomic mass is 10.0. The van der Waals surface area contributed by atoms with Crippen LogP contribution in [0.5, 0.6) is 0 Å². The van der Waals surface area contributed by atoms with Gasteiger partial charge < -0.3 is 25.9 Å². The zero-order chi connectivity index (χ0) is 22.8. The summed E-state index contributed by atoms with van der Waals surface area (Å²) in [5.74, 6) is 7.42. The summed E-state index contributed by atoms with van der Waals surface area (Å²) in [6.45, 7) is 6.10. The van der Waals surface area contributed by atoms with Crippen molar-refractivity contribution in [2.24, 2.45) is 5.84 Å². The van der Waals surface area contributed by atoms with Crippen LogP contribution in [0.4, 0.5) is 28.8 Å².